The Kier molecular flexibility index (Phi) is 5.75. The molecule has 1 atom stereocenters. The average molecular weight is 240 g/mol. The molecule has 1 N–H and O–H groups in total. The summed E-state index contributed by atoms with van der Waals surface area (Å²) < 4.78 is 5.80. The summed E-state index contributed by atoms with van der Waals surface area (Å²) in [6.07, 6.45) is 7.60. The van der Waals surface area contributed by atoms with E-state index in [1.165, 1.54) is 38.6 Å². The number of rotatable bonds is 5. The van der Waals surface area contributed by atoms with Crippen LogP contribution in [0.5, 0.6) is 0 Å². The SMILES string of the molecule is CCN1CCOC(CNCC2CCCCC2)C1. The number of likely N-dealkylation sites (N-methyl/N-ethyl adjacent to an activating group) is 1. The van der Waals surface area contributed by atoms with Gasteiger partial charge >= 0.3 is 0 Å². The molecule has 0 aromatic rings. The minimum atomic E-state index is 0.410. The van der Waals surface area contributed by atoms with Crippen molar-refractivity contribution in [2.75, 3.05) is 39.3 Å². The van der Waals surface area contributed by atoms with Crippen molar-refractivity contribution in [1.29, 1.82) is 0 Å². The van der Waals surface area contributed by atoms with Crippen LogP contribution in [0.4, 0.5) is 0 Å². The molecule has 0 aromatic carbocycles. The van der Waals surface area contributed by atoms with Crippen LogP contribution < -0.4 is 5.32 Å². The predicted octanol–water partition coefficient (Wildman–Crippen LogP) is 1.88. The molecule has 0 radical (unpaired) electrons. The van der Waals surface area contributed by atoms with Gasteiger partial charge in [-0.2, -0.15) is 0 Å². The van der Waals surface area contributed by atoms with Gasteiger partial charge in [0.25, 0.3) is 0 Å². The third-order valence-corrected chi connectivity index (χ3v) is 4.20. The second-order valence-corrected chi connectivity index (χ2v) is 5.55. The highest BCUT2D eigenvalue weighted by molar-refractivity contribution is 4.74. The van der Waals surface area contributed by atoms with Crippen molar-refractivity contribution in [2.24, 2.45) is 5.92 Å². The van der Waals surface area contributed by atoms with E-state index < -0.39 is 0 Å². The molecule has 2 fully saturated rings. The number of hydrogen-bond acceptors (Lipinski definition) is 3. The van der Waals surface area contributed by atoms with Crippen LogP contribution in [0.15, 0.2) is 0 Å². The lowest BCUT2D eigenvalue weighted by Gasteiger charge is -2.32. The van der Waals surface area contributed by atoms with Crippen LogP contribution in [0.25, 0.3) is 0 Å². The Hall–Kier alpha value is -0.120. The largest absolute Gasteiger partial charge is 0.374 e. The minimum Gasteiger partial charge on any atom is -0.374 e. The van der Waals surface area contributed by atoms with Crippen molar-refractivity contribution in [3.05, 3.63) is 0 Å². The Morgan fingerprint density at radius 2 is 2.00 bits per heavy atom. The molecule has 0 aromatic heterocycles. The predicted molar refractivity (Wildman–Crippen MR) is 71.3 cm³/mol. The van der Waals surface area contributed by atoms with Crippen LogP contribution in [0.2, 0.25) is 0 Å². The molecule has 1 aliphatic carbocycles. The van der Waals surface area contributed by atoms with Crippen LogP contribution in [0, 0.1) is 5.92 Å². The lowest BCUT2D eigenvalue weighted by molar-refractivity contribution is -0.0256. The molecule has 2 aliphatic rings. The molecule has 2 rings (SSSR count). The maximum Gasteiger partial charge on any atom is 0.0826 e. The number of morpholine rings is 1. The quantitative estimate of drug-likeness (QED) is 0.794. The summed E-state index contributed by atoms with van der Waals surface area (Å²) in [6, 6.07) is 0. The Balaban J connectivity index is 1.57. The summed E-state index contributed by atoms with van der Waals surface area (Å²) in [4.78, 5) is 2.48. The van der Waals surface area contributed by atoms with E-state index in [0.717, 1.165) is 38.7 Å². The Labute approximate surface area is 106 Å². The average Bonchev–Trinajstić information content (AvgIpc) is 2.40. The molecule has 0 amide bonds. The van der Waals surface area contributed by atoms with E-state index in [-0.39, 0.29) is 0 Å². The van der Waals surface area contributed by atoms with Crippen LogP contribution in [0.1, 0.15) is 39.0 Å². The van der Waals surface area contributed by atoms with Crippen molar-refractivity contribution in [2.45, 2.75) is 45.1 Å². The normalized spacial score (nSPS) is 28.4. The lowest BCUT2D eigenvalue weighted by Crippen LogP contribution is -2.47. The summed E-state index contributed by atoms with van der Waals surface area (Å²) in [5.74, 6) is 0.926. The molecule has 1 unspecified atom stereocenters. The zero-order valence-electron chi connectivity index (χ0n) is 11.3. The Bertz CT molecular complexity index is 204. The summed E-state index contributed by atoms with van der Waals surface area (Å²) in [6.45, 7) is 8.74. The van der Waals surface area contributed by atoms with Crippen molar-refractivity contribution in [3.8, 4) is 0 Å². The van der Waals surface area contributed by atoms with Gasteiger partial charge in [-0.25, -0.2) is 0 Å². The number of ether oxygens (including phenoxy) is 1. The van der Waals surface area contributed by atoms with Gasteiger partial charge < -0.3 is 10.1 Å². The second-order valence-electron chi connectivity index (χ2n) is 5.55. The number of nitrogens with one attached hydrogen (secondary N) is 1. The smallest absolute Gasteiger partial charge is 0.0826 e. The summed E-state index contributed by atoms with van der Waals surface area (Å²) in [5.41, 5.74) is 0. The summed E-state index contributed by atoms with van der Waals surface area (Å²) in [5, 5.41) is 3.62. The minimum absolute atomic E-state index is 0.410. The standard InChI is InChI=1S/C14H28N2O/c1-2-16-8-9-17-14(12-16)11-15-10-13-6-4-3-5-7-13/h13-15H,2-12H2,1H3. The molecule has 17 heavy (non-hydrogen) atoms. The topological polar surface area (TPSA) is 24.5 Å². The van der Waals surface area contributed by atoms with Crippen molar-refractivity contribution in [3.63, 3.8) is 0 Å². The number of nitrogens with zero attached hydrogens (tertiary/aromatic N) is 1. The first-order valence-electron chi connectivity index (χ1n) is 7.43. The molecule has 1 heterocycles. The Morgan fingerprint density at radius 3 is 2.76 bits per heavy atom. The second kappa shape index (κ2) is 7.34. The van der Waals surface area contributed by atoms with Gasteiger partial charge in [-0.3, -0.25) is 4.90 Å². The van der Waals surface area contributed by atoms with Gasteiger partial charge in [0.2, 0.25) is 0 Å². The van der Waals surface area contributed by atoms with Gasteiger partial charge in [0.05, 0.1) is 12.7 Å². The first-order valence-corrected chi connectivity index (χ1v) is 7.43. The maximum absolute atomic E-state index is 5.80. The highest BCUT2D eigenvalue weighted by atomic mass is 16.5. The summed E-state index contributed by atoms with van der Waals surface area (Å²) >= 11 is 0. The van der Waals surface area contributed by atoms with Crippen molar-refractivity contribution < 1.29 is 4.74 Å². The van der Waals surface area contributed by atoms with E-state index in [2.05, 4.69) is 17.1 Å². The fourth-order valence-electron chi connectivity index (χ4n) is 3.03. The van der Waals surface area contributed by atoms with E-state index in [0.29, 0.717) is 6.10 Å². The van der Waals surface area contributed by atoms with Gasteiger partial charge in [0.15, 0.2) is 0 Å². The fraction of sp³-hybridized carbons (Fsp3) is 1.00. The van der Waals surface area contributed by atoms with E-state index in [9.17, 15) is 0 Å². The van der Waals surface area contributed by atoms with Crippen molar-refractivity contribution in [1.82, 2.24) is 10.2 Å². The molecule has 0 spiro atoms. The third-order valence-electron chi connectivity index (χ3n) is 4.20. The Morgan fingerprint density at radius 1 is 1.18 bits per heavy atom. The molecule has 0 bridgehead atoms. The fourth-order valence-corrected chi connectivity index (χ4v) is 3.03. The molecular weight excluding hydrogens is 212 g/mol. The molecular formula is C14H28N2O. The van der Waals surface area contributed by atoms with Gasteiger partial charge in [0, 0.05) is 19.6 Å². The van der Waals surface area contributed by atoms with E-state index in [4.69, 9.17) is 4.74 Å². The maximum atomic E-state index is 5.80. The van der Waals surface area contributed by atoms with E-state index in [1.54, 1.807) is 0 Å². The molecule has 3 nitrogen and oxygen atoms in total. The molecule has 100 valence electrons. The highest BCUT2D eigenvalue weighted by Gasteiger charge is 2.19. The third kappa shape index (κ3) is 4.57. The van der Waals surface area contributed by atoms with E-state index in [1.807, 2.05) is 0 Å². The van der Waals surface area contributed by atoms with Crippen LogP contribution in [0.3, 0.4) is 0 Å². The lowest BCUT2D eigenvalue weighted by atomic mass is 9.89. The van der Waals surface area contributed by atoms with Gasteiger partial charge in [0.1, 0.15) is 0 Å². The molecule has 3 heteroatoms. The van der Waals surface area contributed by atoms with Gasteiger partial charge in [-0.1, -0.05) is 26.2 Å². The summed E-state index contributed by atoms with van der Waals surface area (Å²) in [7, 11) is 0. The highest BCUT2D eigenvalue weighted by Crippen LogP contribution is 2.22. The zero-order chi connectivity index (χ0) is 11.9. The first kappa shape index (κ1) is 13.3. The van der Waals surface area contributed by atoms with Crippen LogP contribution in [-0.4, -0.2) is 50.3 Å². The monoisotopic (exact) mass is 240 g/mol. The van der Waals surface area contributed by atoms with Crippen LogP contribution in [-0.2, 0) is 4.74 Å². The molecule has 1 saturated heterocycles. The van der Waals surface area contributed by atoms with Gasteiger partial charge in [-0.05, 0) is 31.8 Å². The van der Waals surface area contributed by atoms with Crippen LogP contribution >= 0.6 is 0 Å². The van der Waals surface area contributed by atoms with Gasteiger partial charge in [-0.15, -0.1) is 0 Å². The van der Waals surface area contributed by atoms with E-state index >= 15 is 0 Å². The first-order chi connectivity index (χ1) is 8.38. The molecule has 1 saturated carbocycles. The molecule has 1 aliphatic heterocycles. The zero-order valence-corrected chi connectivity index (χ0v) is 11.3. The number of hydrogen-bond donors (Lipinski definition) is 1. The van der Waals surface area contributed by atoms with Crippen molar-refractivity contribution >= 4 is 0 Å².